The molecule has 0 saturated heterocycles. The maximum Gasteiger partial charge on any atom is 0.355 e. The third-order valence-electron chi connectivity index (χ3n) is 5.63. The summed E-state index contributed by atoms with van der Waals surface area (Å²) in [6.07, 6.45) is 2.22. The number of aryl methyl sites for hydroxylation is 1. The maximum absolute atomic E-state index is 13.6. The Hall–Kier alpha value is -3.74. The molecule has 7 nitrogen and oxygen atoms in total. The predicted octanol–water partition coefficient (Wildman–Crippen LogP) is 4.16. The number of ether oxygens (including phenoxy) is 1. The summed E-state index contributed by atoms with van der Waals surface area (Å²) in [7, 11) is 0. The fraction of sp³-hybridized carbons (Fsp3) is 0.308. The number of hydrogen-bond donors (Lipinski definition) is 1. The smallest absolute Gasteiger partial charge is 0.355 e. The van der Waals surface area contributed by atoms with E-state index in [-0.39, 0.29) is 24.0 Å². The number of nitrogens with zero attached hydrogens (tertiary/aromatic N) is 2. The van der Waals surface area contributed by atoms with Crippen LogP contribution in [0.3, 0.4) is 0 Å². The van der Waals surface area contributed by atoms with Crippen molar-refractivity contribution in [3.8, 4) is 0 Å². The molecule has 2 heterocycles. The Balaban J connectivity index is 1.92. The van der Waals surface area contributed by atoms with Crippen LogP contribution < -0.4 is 0 Å². The predicted molar refractivity (Wildman–Crippen MR) is 125 cm³/mol. The van der Waals surface area contributed by atoms with E-state index in [2.05, 4.69) is 9.97 Å². The highest BCUT2D eigenvalue weighted by molar-refractivity contribution is 6.07. The van der Waals surface area contributed by atoms with Gasteiger partial charge in [-0.15, -0.1) is 0 Å². The van der Waals surface area contributed by atoms with Gasteiger partial charge in [-0.3, -0.25) is 14.6 Å². The van der Waals surface area contributed by atoms with Crippen LogP contribution in [0.15, 0.2) is 54.7 Å². The molecule has 3 aromatic rings. The molecule has 172 valence electrons. The Kier molecular flexibility index (Phi) is 7.77. The molecular weight excluding hydrogens is 418 g/mol. The van der Waals surface area contributed by atoms with Crippen molar-refractivity contribution < 1.29 is 19.1 Å². The van der Waals surface area contributed by atoms with Gasteiger partial charge in [0.05, 0.1) is 12.6 Å². The number of ketones is 1. The van der Waals surface area contributed by atoms with Gasteiger partial charge >= 0.3 is 5.97 Å². The number of amides is 1. The van der Waals surface area contributed by atoms with Crippen molar-refractivity contribution in [1.29, 1.82) is 0 Å². The van der Waals surface area contributed by atoms with Crippen molar-refractivity contribution in [3.05, 3.63) is 88.5 Å². The number of Topliss-reactive ketones (excluding diaryl/α,β-unsaturated/α-hetero) is 1. The van der Waals surface area contributed by atoms with Crippen LogP contribution >= 0.6 is 0 Å². The molecule has 0 radical (unpaired) electrons. The van der Waals surface area contributed by atoms with E-state index in [0.29, 0.717) is 35.3 Å². The zero-order chi connectivity index (χ0) is 24.0. The molecule has 0 unspecified atom stereocenters. The molecule has 1 amide bonds. The molecule has 0 spiro atoms. The third kappa shape index (κ3) is 5.37. The van der Waals surface area contributed by atoms with Crippen LogP contribution in [-0.4, -0.2) is 51.7 Å². The van der Waals surface area contributed by atoms with Crippen LogP contribution in [0.25, 0.3) is 0 Å². The minimum Gasteiger partial charge on any atom is -0.461 e. The lowest BCUT2D eigenvalue weighted by Crippen LogP contribution is -2.44. The molecule has 0 bridgehead atoms. The largest absolute Gasteiger partial charge is 0.461 e. The van der Waals surface area contributed by atoms with Crippen molar-refractivity contribution in [2.24, 2.45) is 0 Å². The molecule has 0 fully saturated rings. The van der Waals surface area contributed by atoms with E-state index in [9.17, 15) is 14.4 Å². The average molecular weight is 448 g/mol. The number of pyridine rings is 1. The van der Waals surface area contributed by atoms with E-state index in [1.54, 1.807) is 63.1 Å². The van der Waals surface area contributed by atoms with Crippen LogP contribution in [0.4, 0.5) is 0 Å². The van der Waals surface area contributed by atoms with Gasteiger partial charge in [-0.25, -0.2) is 4.79 Å². The monoisotopic (exact) mass is 447 g/mol. The molecule has 0 aliphatic carbocycles. The summed E-state index contributed by atoms with van der Waals surface area (Å²) < 4.78 is 5.10. The number of hydrogen-bond acceptors (Lipinski definition) is 5. The minimum absolute atomic E-state index is 0.233. The average Bonchev–Trinajstić information content (AvgIpc) is 3.13. The summed E-state index contributed by atoms with van der Waals surface area (Å²) in [6, 6.07) is 13.8. The van der Waals surface area contributed by atoms with Gasteiger partial charge in [-0.1, -0.05) is 24.3 Å². The molecule has 1 N–H and O–H groups in total. The van der Waals surface area contributed by atoms with E-state index in [4.69, 9.17) is 4.74 Å². The van der Waals surface area contributed by atoms with E-state index in [0.717, 1.165) is 5.69 Å². The number of aromatic nitrogens is 2. The van der Waals surface area contributed by atoms with Crippen molar-refractivity contribution >= 4 is 17.7 Å². The summed E-state index contributed by atoms with van der Waals surface area (Å²) in [4.78, 5) is 48.1. The first-order valence-corrected chi connectivity index (χ1v) is 11.0. The van der Waals surface area contributed by atoms with Crippen LogP contribution in [0.1, 0.15) is 62.0 Å². The Morgan fingerprint density at radius 3 is 2.39 bits per heavy atom. The first kappa shape index (κ1) is 23.9. The lowest BCUT2D eigenvalue weighted by Gasteiger charge is -2.29. The fourth-order valence-corrected chi connectivity index (χ4v) is 3.88. The molecule has 1 aromatic carbocycles. The van der Waals surface area contributed by atoms with Crippen molar-refractivity contribution in [1.82, 2.24) is 14.9 Å². The second-order valence-corrected chi connectivity index (χ2v) is 7.82. The summed E-state index contributed by atoms with van der Waals surface area (Å²) in [5, 5.41) is 0. The van der Waals surface area contributed by atoms with E-state index in [1.807, 2.05) is 24.3 Å². The van der Waals surface area contributed by atoms with Gasteiger partial charge < -0.3 is 14.6 Å². The van der Waals surface area contributed by atoms with Gasteiger partial charge in [-0.2, -0.15) is 0 Å². The summed E-state index contributed by atoms with van der Waals surface area (Å²) in [5.74, 6) is -0.969. The number of benzene rings is 1. The lowest BCUT2D eigenvalue weighted by atomic mass is 9.99. The number of esters is 1. The number of carbonyl (C=O) groups excluding carboxylic acids is 3. The molecule has 2 aromatic heterocycles. The molecule has 0 saturated carbocycles. The van der Waals surface area contributed by atoms with Gasteiger partial charge in [0.15, 0.2) is 5.78 Å². The van der Waals surface area contributed by atoms with Crippen LogP contribution in [0.2, 0.25) is 0 Å². The Morgan fingerprint density at radius 2 is 1.76 bits per heavy atom. The number of carbonyl (C=O) groups is 3. The SMILES string of the molecule is CCOC(=O)c1[nH]c(C)c(C(=O)[C@H](C)N(CCc2ccccn2)C(=O)c2ccccc2)c1C. The second-order valence-electron chi connectivity index (χ2n) is 7.82. The maximum atomic E-state index is 13.6. The van der Waals surface area contributed by atoms with Crippen molar-refractivity contribution in [3.63, 3.8) is 0 Å². The van der Waals surface area contributed by atoms with Gasteiger partial charge in [0.25, 0.3) is 5.91 Å². The molecule has 1 atom stereocenters. The lowest BCUT2D eigenvalue weighted by molar-refractivity contribution is 0.0519. The highest BCUT2D eigenvalue weighted by Gasteiger charge is 2.31. The summed E-state index contributed by atoms with van der Waals surface area (Å²) in [6.45, 7) is 7.47. The molecule has 7 heteroatoms. The quantitative estimate of drug-likeness (QED) is 0.393. The first-order chi connectivity index (χ1) is 15.8. The standard InChI is InChI=1S/C26H29N3O4/c1-5-33-26(32)23-17(2)22(18(3)28-23)24(30)19(4)29(16-14-21-13-9-10-15-27-21)25(31)20-11-7-6-8-12-20/h6-13,15,19,28H,5,14,16H2,1-4H3/t19-/m0/s1. The van der Waals surface area contributed by atoms with E-state index < -0.39 is 12.0 Å². The Labute approximate surface area is 193 Å². The molecule has 0 aliphatic rings. The number of rotatable bonds is 9. The first-order valence-electron chi connectivity index (χ1n) is 11.0. The normalized spacial score (nSPS) is 11.6. The molecular formula is C26H29N3O4. The van der Waals surface area contributed by atoms with Crippen molar-refractivity contribution in [2.75, 3.05) is 13.2 Å². The number of aromatic amines is 1. The zero-order valence-electron chi connectivity index (χ0n) is 19.4. The molecule has 33 heavy (non-hydrogen) atoms. The summed E-state index contributed by atoms with van der Waals surface area (Å²) in [5.41, 5.74) is 3.12. The number of nitrogens with one attached hydrogen (secondary N) is 1. The van der Waals surface area contributed by atoms with Crippen molar-refractivity contribution in [2.45, 2.75) is 40.2 Å². The highest BCUT2D eigenvalue weighted by Crippen LogP contribution is 2.23. The zero-order valence-corrected chi connectivity index (χ0v) is 19.4. The van der Waals surface area contributed by atoms with Gasteiger partial charge in [0.2, 0.25) is 0 Å². The molecule has 0 aliphatic heterocycles. The van der Waals surface area contributed by atoms with Crippen LogP contribution in [0.5, 0.6) is 0 Å². The topological polar surface area (TPSA) is 92.4 Å². The molecule has 3 rings (SSSR count). The number of H-pyrrole nitrogens is 1. The Bertz CT molecular complexity index is 1120. The van der Waals surface area contributed by atoms with Gasteiger partial charge in [-0.05, 0) is 57.5 Å². The van der Waals surface area contributed by atoms with Gasteiger partial charge in [0, 0.05) is 41.7 Å². The minimum atomic E-state index is -0.746. The Morgan fingerprint density at radius 1 is 1.06 bits per heavy atom. The highest BCUT2D eigenvalue weighted by atomic mass is 16.5. The fourth-order valence-electron chi connectivity index (χ4n) is 3.88. The second kappa shape index (κ2) is 10.7. The van der Waals surface area contributed by atoms with Crippen LogP contribution in [0, 0.1) is 13.8 Å². The van der Waals surface area contributed by atoms with E-state index in [1.165, 1.54) is 0 Å². The van der Waals surface area contributed by atoms with Crippen LogP contribution in [-0.2, 0) is 11.2 Å². The van der Waals surface area contributed by atoms with E-state index >= 15 is 0 Å². The van der Waals surface area contributed by atoms with Gasteiger partial charge in [0.1, 0.15) is 5.69 Å². The third-order valence-corrected chi connectivity index (χ3v) is 5.63. The summed E-state index contributed by atoms with van der Waals surface area (Å²) >= 11 is 0.